The summed E-state index contributed by atoms with van der Waals surface area (Å²) in [6, 6.07) is 9.80. The zero-order valence-electron chi connectivity index (χ0n) is 16.5. The Morgan fingerprint density at radius 3 is 2.29 bits per heavy atom. The van der Waals surface area contributed by atoms with Gasteiger partial charge in [0, 0.05) is 55.9 Å². The molecular formula is C21H27F3N4. The van der Waals surface area contributed by atoms with E-state index in [2.05, 4.69) is 41.0 Å². The maximum atomic E-state index is 12.7. The van der Waals surface area contributed by atoms with Gasteiger partial charge in [0.1, 0.15) is 5.82 Å². The number of halogens is 3. The van der Waals surface area contributed by atoms with Crippen LogP contribution in [0.4, 0.5) is 30.4 Å². The highest BCUT2D eigenvalue weighted by Crippen LogP contribution is 2.31. The second-order valence-electron chi connectivity index (χ2n) is 7.57. The van der Waals surface area contributed by atoms with Gasteiger partial charge in [0.15, 0.2) is 0 Å². The van der Waals surface area contributed by atoms with Crippen molar-refractivity contribution in [3.63, 3.8) is 0 Å². The summed E-state index contributed by atoms with van der Waals surface area (Å²) in [6.07, 6.45) is -0.419. The van der Waals surface area contributed by atoms with E-state index < -0.39 is 11.7 Å². The Kier molecular flexibility index (Phi) is 6.13. The van der Waals surface area contributed by atoms with Crippen molar-refractivity contribution in [1.82, 2.24) is 9.88 Å². The predicted octanol–water partition coefficient (Wildman–Crippen LogP) is 5.15. The lowest BCUT2D eigenvalue weighted by atomic mass is 10.0. The first-order chi connectivity index (χ1) is 13.2. The third-order valence-corrected chi connectivity index (χ3v) is 5.38. The number of alkyl halides is 3. The molecule has 0 spiro atoms. The van der Waals surface area contributed by atoms with E-state index in [9.17, 15) is 13.2 Å². The summed E-state index contributed by atoms with van der Waals surface area (Å²) >= 11 is 0. The van der Waals surface area contributed by atoms with Gasteiger partial charge in [0.25, 0.3) is 0 Å². The van der Waals surface area contributed by atoms with Crippen LogP contribution in [0, 0.1) is 0 Å². The number of hydrogen-bond acceptors (Lipinski definition) is 4. The molecule has 7 heteroatoms. The Morgan fingerprint density at radius 1 is 1.07 bits per heavy atom. The molecule has 2 heterocycles. The van der Waals surface area contributed by atoms with Crippen molar-refractivity contribution >= 4 is 17.2 Å². The third kappa shape index (κ3) is 4.95. The molecular weight excluding hydrogens is 365 g/mol. The summed E-state index contributed by atoms with van der Waals surface area (Å²) in [4.78, 5) is 9.17. The molecule has 1 aromatic carbocycles. The number of nitrogens with zero attached hydrogens (tertiary/aromatic N) is 3. The lowest BCUT2D eigenvalue weighted by molar-refractivity contribution is -0.137. The van der Waals surface area contributed by atoms with E-state index in [1.54, 1.807) is 6.20 Å². The van der Waals surface area contributed by atoms with Crippen LogP contribution in [0.2, 0.25) is 0 Å². The highest BCUT2D eigenvalue weighted by atomic mass is 19.4. The van der Waals surface area contributed by atoms with Crippen LogP contribution >= 0.6 is 0 Å². The van der Waals surface area contributed by atoms with Gasteiger partial charge < -0.3 is 15.1 Å². The van der Waals surface area contributed by atoms with Crippen molar-refractivity contribution in [2.24, 2.45) is 0 Å². The number of likely N-dealkylation sites (tertiary alicyclic amines) is 1. The lowest BCUT2D eigenvalue weighted by Gasteiger charge is -2.39. The Hall–Kier alpha value is -2.28. The molecule has 1 fully saturated rings. The summed E-state index contributed by atoms with van der Waals surface area (Å²) in [6.45, 7) is 6.61. The van der Waals surface area contributed by atoms with Crippen molar-refractivity contribution in [2.75, 3.05) is 30.4 Å². The standard InChI is InChI=1S/C21H27F3N4/c1-15(2)28-12-9-19(10-13-28)27(3)20-14-18(8-11-25-20)26-17-6-4-16(5-7-17)21(22,23)24/h4-8,11,14-15,19H,9-10,12-13H2,1-3H3,(H,25,26). The molecule has 1 aliphatic rings. The fourth-order valence-electron chi connectivity index (χ4n) is 3.57. The highest BCUT2D eigenvalue weighted by Gasteiger charge is 2.30. The van der Waals surface area contributed by atoms with Crippen molar-refractivity contribution in [1.29, 1.82) is 0 Å². The molecule has 1 saturated heterocycles. The van der Waals surface area contributed by atoms with Crippen molar-refractivity contribution in [3.8, 4) is 0 Å². The Labute approximate surface area is 164 Å². The van der Waals surface area contributed by atoms with E-state index in [0.29, 0.717) is 17.8 Å². The average Bonchev–Trinajstić information content (AvgIpc) is 2.67. The summed E-state index contributed by atoms with van der Waals surface area (Å²) in [5.41, 5.74) is 0.759. The minimum Gasteiger partial charge on any atom is -0.357 e. The molecule has 0 saturated carbocycles. The summed E-state index contributed by atoms with van der Waals surface area (Å²) in [5.74, 6) is 0.861. The first kappa shape index (κ1) is 20.5. The van der Waals surface area contributed by atoms with Gasteiger partial charge in [-0.3, -0.25) is 0 Å². The van der Waals surface area contributed by atoms with Gasteiger partial charge in [0.05, 0.1) is 5.56 Å². The van der Waals surface area contributed by atoms with Crippen LogP contribution in [-0.4, -0.2) is 42.1 Å². The zero-order chi connectivity index (χ0) is 20.3. The molecule has 1 N–H and O–H groups in total. The van der Waals surface area contributed by atoms with Crippen LogP contribution < -0.4 is 10.2 Å². The Bertz CT molecular complexity index is 766. The second-order valence-corrected chi connectivity index (χ2v) is 7.57. The molecule has 2 aromatic rings. The molecule has 4 nitrogen and oxygen atoms in total. The molecule has 0 amide bonds. The van der Waals surface area contributed by atoms with Crippen molar-refractivity contribution in [3.05, 3.63) is 48.2 Å². The van der Waals surface area contributed by atoms with Gasteiger partial charge in [0.2, 0.25) is 0 Å². The quantitative estimate of drug-likeness (QED) is 0.762. The SMILES string of the molecule is CC(C)N1CCC(N(C)c2cc(Nc3ccc(C(F)(F)F)cc3)ccn2)CC1. The average molecular weight is 392 g/mol. The van der Waals surface area contributed by atoms with E-state index in [0.717, 1.165) is 49.6 Å². The summed E-state index contributed by atoms with van der Waals surface area (Å²) in [5, 5.41) is 3.16. The van der Waals surface area contributed by atoms with Crippen LogP contribution in [-0.2, 0) is 6.18 Å². The van der Waals surface area contributed by atoms with E-state index in [1.165, 1.54) is 12.1 Å². The van der Waals surface area contributed by atoms with Gasteiger partial charge in [-0.2, -0.15) is 13.2 Å². The Morgan fingerprint density at radius 2 is 1.71 bits per heavy atom. The van der Waals surface area contributed by atoms with Gasteiger partial charge in [-0.25, -0.2) is 4.98 Å². The van der Waals surface area contributed by atoms with Gasteiger partial charge in [-0.05, 0) is 57.0 Å². The number of pyridine rings is 1. The number of piperidine rings is 1. The van der Waals surface area contributed by atoms with Gasteiger partial charge in [-0.1, -0.05) is 0 Å². The fraction of sp³-hybridized carbons (Fsp3) is 0.476. The molecule has 1 aromatic heterocycles. The maximum Gasteiger partial charge on any atom is 0.416 e. The minimum absolute atomic E-state index is 0.434. The van der Waals surface area contributed by atoms with Gasteiger partial charge in [-0.15, -0.1) is 0 Å². The molecule has 1 aliphatic heterocycles. The van der Waals surface area contributed by atoms with Crippen LogP contribution in [0.3, 0.4) is 0 Å². The predicted molar refractivity (Wildman–Crippen MR) is 107 cm³/mol. The number of benzene rings is 1. The normalized spacial score (nSPS) is 16.4. The molecule has 0 aliphatic carbocycles. The topological polar surface area (TPSA) is 31.4 Å². The number of hydrogen-bond donors (Lipinski definition) is 1. The lowest BCUT2D eigenvalue weighted by Crippen LogP contribution is -2.45. The van der Waals surface area contributed by atoms with E-state index in [1.807, 2.05) is 12.1 Å². The first-order valence-electron chi connectivity index (χ1n) is 9.61. The van der Waals surface area contributed by atoms with Crippen LogP contribution in [0.5, 0.6) is 0 Å². The number of nitrogens with one attached hydrogen (secondary N) is 1. The fourth-order valence-corrected chi connectivity index (χ4v) is 3.57. The van der Waals surface area contributed by atoms with Crippen LogP contribution in [0.25, 0.3) is 0 Å². The molecule has 3 rings (SSSR count). The molecule has 28 heavy (non-hydrogen) atoms. The molecule has 152 valence electrons. The molecule has 0 atom stereocenters. The summed E-state index contributed by atoms with van der Waals surface area (Å²) in [7, 11) is 2.06. The van der Waals surface area contributed by atoms with Crippen molar-refractivity contribution < 1.29 is 13.2 Å². The molecule has 0 unspecified atom stereocenters. The third-order valence-electron chi connectivity index (χ3n) is 5.38. The van der Waals surface area contributed by atoms with E-state index in [-0.39, 0.29) is 0 Å². The number of rotatable bonds is 5. The second kappa shape index (κ2) is 8.39. The Balaban J connectivity index is 1.65. The van der Waals surface area contributed by atoms with Crippen molar-refractivity contribution in [2.45, 2.75) is 44.9 Å². The van der Waals surface area contributed by atoms with Crippen LogP contribution in [0.1, 0.15) is 32.3 Å². The minimum atomic E-state index is -4.32. The smallest absolute Gasteiger partial charge is 0.357 e. The van der Waals surface area contributed by atoms with E-state index in [4.69, 9.17) is 0 Å². The number of aromatic nitrogens is 1. The number of anilines is 3. The van der Waals surface area contributed by atoms with Crippen LogP contribution in [0.15, 0.2) is 42.6 Å². The van der Waals surface area contributed by atoms with Gasteiger partial charge >= 0.3 is 6.18 Å². The monoisotopic (exact) mass is 392 g/mol. The van der Waals surface area contributed by atoms with E-state index >= 15 is 0 Å². The first-order valence-corrected chi connectivity index (χ1v) is 9.61. The summed E-state index contributed by atoms with van der Waals surface area (Å²) < 4.78 is 38.1. The maximum absolute atomic E-state index is 12.7. The largest absolute Gasteiger partial charge is 0.416 e. The molecule has 0 radical (unpaired) electrons. The zero-order valence-corrected chi connectivity index (χ0v) is 16.5. The molecule has 0 bridgehead atoms. The highest BCUT2D eigenvalue weighted by molar-refractivity contribution is 5.63.